The van der Waals surface area contributed by atoms with E-state index < -0.39 is 0 Å². The van der Waals surface area contributed by atoms with Crippen molar-refractivity contribution in [2.45, 2.75) is 54.1 Å². The van der Waals surface area contributed by atoms with E-state index in [2.05, 4.69) is 101 Å². The molecular weight excluding hydrogens is 441 g/mol. The second-order valence-electron chi connectivity index (χ2n) is 10.1. The van der Waals surface area contributed by atoms with Crippen molar-refractivity contribution in [1.82, 2.24) is 0 Å². The highest BCUT2D eigenvalue weighted by Crippen LogP contribution is 2.41. The van der Waals surface area contributed by atoms with E-state index >= 15 is 0 Å². The van der Waals surface area contributed by atoms with Gasteiger partial charge in [0.2, 0.25) is 0 Å². The Morgan fingerprint density at radius 1 is 0.657 bits per heavy atom. The van der Waals surface area contributed by atoms with E-state index in [0.29, 0.717) is 11.1 Å². The molecule has 186 valence electrons. The SMILES string of the molecule is CC.CC(C)(C)C.CNc1ccccc1.CPC(C)c1ccc2ccc3cccc4ccc1c2c34. The van der Waals surface area contributed by atoms with Gasteiger partial charge >= 0.3 is 0 Å². The maximum absolute atomic E-state index is 3.03. The first kappa shape index (κ1) is 28.6. The Bertz CT molecular complexity index is 1260. The van der Waals surface area contributed by atoms with Gasteiger partial charge in [-0.2, -0.15) is 0 Å². The van der Waals surface area contributed by atoms with Crippen LogP contribution in [-0.2, 0) is 0 Å². The number of hydrogen-bond donors (Lipinski definition) is 1. The van der Waals surface area contributed by atoms with Crippen LogP contribution in [0.4, 0.5) is 5.69 Å². The van der Waals surface area contributed by atoms with Gasteiger partial charge in [-0.3, -0.25) is 0 Å². The molecule has 35 heavy (non-hydrogen) atoms. The zero-order valence-electron chi connectivity index (χ0n) is 23.2. The van der Waals surface area contributed by atoms with E-state index in [1.807, 2.05) is 51.2 Å². The monoisotopic (exact) mass is 485 g/mol. The van der Waals surface area contributed by atoms with Gasteiger partial charge in [-0.25, -0.2) is 0 Å². The first-order valence-electron chi connectivity index (χ1n) is 12.8. The molecule has 0 fully saturated rings. The van der Waals surface area contributed by atoms with Crippen LogP contribution >= 0.6 is 8.58 Å². The minimum Gasteiger partial charge on any atom is -0.388 e. The van der Waals surface area contributed by atoms with E-state index in [1.54, 1.807) is 0 Å². The van der Waals surface area contributed by atoms with Crippen molar-refractivity contribution < 1.29 is 0 Å². The summed E-state index contributed by atoms with van der Waals surface area (Å²) in [5.41, 5.74) is 3.80. The van der Waals surface area contributed by atoms with E-state index in [0.717, 1.165) is 14.3 Å². The second kappa shape index (κ2) is 13.5. The Morgan fingerprint density at radius 2 is 1.14 bits per heavy atom. The number of rotatable bonds is 3. The van der Waals surface area contributed by atoms with Gasteiger partial charge in [-0.15, -0.1) is 8.58 Å². The van der Waals surface area contributed by atoms with Crippen LogP contribution in [0.15, 0.2) is 84.9 Å². The largest absolute Gasteiger partial charge is 0.388 e. The maximum Gasteiger partial charge on any atom is 0.0337 e. The van der Waals surface area contributed by atoms with Crippen molar-refractivity contribution in [2.24, 2.45) is 5.41 Å². The standard InChI is InChI=1S/C19H17P.C7H9N.C5H12.C2H6/c1-12(20-2)16-10-8-15-7-6-13-4-3-5-14-9-11-17(16)19(15)18(13)14;1-8-7-5-3-2-4-6-7;1-5(2,3)4;1-2/h3-12,20H,1-2H3;2-6,8H,1H3;1-4H3;1-2H3. The van der Waals surface area contributed by atoms with E-state index in [-0.39, 0.29) is 0 Å². The molecule has 2 heteroatoms. The number of para-hydroxylation sites is 1. The predicted molar refractivity (Wildman–Crippen MR) is 165 cm³/mol. The molecule has 1 nitrogen and oxygen atoms in total. The smallest absolute Gasteiger partial charge is 0.0337 e. The first-order chi connectivity index (χ1) is 16.7. The lowest BCUT2D eigenvalue weighted by atomic mass is 9.91. The zero-order chi connectivity index (χ0) is 26.0. The Hall–Kier alpha value is -2.63. The summed E-state index contributed by atoms with van der Waals surface area (Å²) in [5.74, 6) is 0. The summed E-state index contributed by atoms with van der Waals surface area (Å²) in [4.78, 5) is 0. The summed E-state index contributed by atoms with van der Waals surface area (Å²) in [6.07, 6.45) is 0. The number of hydrogen-bond acceptors (Lipinski definition) is 1. The molecule has 1 N–H and O–H groups in total. The van der Waals surface area contributed by atoms with Crippen LogP contribution in [0.3, 0.4) is 0 Å². The summed E-state index contributed by atoms with van der Waals surface area (Å²) in [5, 5.41) is 11.4. The topological polar surface area (TPSA) is 12.0 Å². The van der Waals surface area contributed by atoms with Gasteiger partial charge in [-0.1, -0.05) is 121 Å². The van der Waals surface area contributed by atoms with Crippen molar-refractivity contribution in [3.63, 3.8) is 0 Å². The van der Waals surface area contributed by atoms with Crippen molar-refractivity contribution >= 4 is 46.6 Å². The fraction of sp³-hybridized carbons (Fsp3) is 0.333. The van der Waals surface area contributed by atoms with Crippen molar-refractivity contribution in [2.75, 3.05) is 19.0 Å². The Labute approximate surface area is 215 Å². The molecule has 0 aliphatic rings. The average Bonchev–Trinajstić information content (AvgIpc) is 2.88. The highest BCUT2D eigenvalue weighted by molar-refractivity contribution is 7.37. The summed E-state index contributed by atoms with van der Waals surface area (Å²) in [6, 6.07) is 30.4. The van der Waals surface area contributed by atoms with Crippen LogP contribution in [0.2, 0.25) is 0 Å². The average molecular weight is 486 g/mol. The molecule has 0 heterocycles. The molecule has 0 saturated heterocycles. The van der Waals surface area contributed by atoms with Crippen LogP contribution in [0.25, 0.3) is 32.3 Å². The molecule has 0 spiro atoms. The minimum absolute atomic E-state index is 0.500. The molecule has 0 saturated carbocycles. The summed E-state index contributed by atoms with van der Waals surface area (Å²) in [6.45, 7) is 17.4. The summed E-state index contributed by atoms with van der Waals surface area (Å²) >= 11 is 0. The molecule has 2 atom stereocenters. The number of benzene rings is 5. The molecule has 2 unspecified atom stereocenters. The predicted octanol–water partition coefficient (Wildman–Crippen LogP) is 10.8. The van der Waals surface area contributed by atoms with E-state index in [9.17, 15) is 0 Å². The van der Waals surface area contributed by atoms with Crippen LogP contribution in [0.5, 0.6) is 0 Å². The molecule has 5 aromatic rings. The second-order valence-corrected chi connectivity index (χ2v) is 11.6. The highest BCUT2D eigenvalue weighted by Gasteiger charge is 2.13. The maximum atomic E-state index is 3.03. The van der Waals surface area contributed by atoms with Crippen LogP contribution in [-0.4, -0.2) is 13.7 Å². The third-order valence-corrected chi connectivity index (χ3v) is 6.70. The van der Waals surface area contributed by atoms with Gasteiger partial charge < -0.3 is 5.32 Å². The van der Waals surface area contributed by atoms with Gasteiger partial charge in [0, 0.05) is 12.7 Å². The fourth-order valence-electron chi connectivity index (χ4n) is 3.90. The van der Waals surface area contributed by atoms with E-state index in [4.69, 9.17) is 0 Å². The normalized spacial score (nSPS) is 11.9. The molecule has 0 amide bonds. The van der Waals surface area contributed by atoms with Crippen LogP contribution < -0.4 is 5.32 Å². The minimum atomic E-state index is 0.500. The lowest BCUT2D eigenvalue weighted by Gasteiger charge is -2.17. The molecule has 0 aliphatic carbocycles. The highest BCUT2D eigenvalue weighted by atomic mass is 31.1. The Morgan fingerprint density at radius 3 is 1.63 bits per heavy atom. The van der Waals surface area contributed by atoms with Crippen molar-refractivity contribution in [3.8, 4) is 0 Å². The Balaban J connectivity index is 0.000000239. The summed E-state index contributed by atoms with van der Waals surface area (Å²) < 4.78 is 0. The fourth-order valence-corrected chi connectivity index (χ4v) is 4.46. The first-order valence-corrected chi connectivity index (χ1v) is 14.4. The van der Waals surface area contributed by atoms with Gasteiger partial charge in [0.1, 0.15) is 0 Å². The third kappa shape index (κ3) is 7.94. The molecular formula is C33H44NP. The molecule has 0 radical (unpaired) electrons. The van der Waals surface area contributed by atoms with Crippen LogP contribution in [0, 0.1) is 5.41 Å². The summed E-state index contributed by atoms with van der Waals surface area (Å²) in [7, 11) is 2.86. The van der Waals surface area contributed by atoms with Gasteiger partial charge in [0.05, 0.1) is 0 Å². The lowest BCUT2D eigenvalue weighted by molar-refractivity contribution is 0.469. The molecule has 0 bridgehead atoms. The van der Waals surface area contributed by atoms with Gasteiger partial charge in [0.15, 0.2) is 0 Å². The van der Waals surface area contributed by atoms with Crippen LogP contribution in [0.1, 0.15) is 59.7 Å². The van der Waals surface area contributed by atoms with E-state index in [1.165, 1.54) is 37.9 Å². The molecule has 5 aromatic carbocycles. The molecule has 0 aromatic heterocycles. The Kier molecular flexibility index (Phi) is 11.0. The van der Waals surface area contributed by atoms with Gasteiger partial charge in [0.25, 0.3) is 0 Å². The van der Waals surface area contributed by atoms with Crippen molar-refractivity contribution in [3.05, 3.63) is 90.5 Å². The molecule has 5 rings (SSSR count). The number of anilines is 1. The van der Waals surface area contributed by atoms with Crippen molar-refractivity contribution in [1.29, 1.82) is 0 Å². The van der Waals surface area contributed by atoms with Gasteiger partial charge in [-0.05, 0) is 67.8 Å². The quantitative estimate of drug-likeness (QED) is 0.198. The zero-order valence-corrected chi connectivity index (χ0v) is 24.2. The lowest BCUT2D eigenvalue weighted by Crippen LogP contribution is -1.93. The molecule has 0 aliphatic heterocycles. The third-order valence-electron chi connectivity index (χ3n) is 5.52. The number of nitrogens with one attached hydrogen (secondary N) is 1.